The second-order valence-corrected chi connectivity index (χ2v) is 4.86. The van der Waals surface area contributed by atoms with Gasteiger partial charge in [0.2, 0.25) is 5.96 Å². The summed E-state index contributed by atoms with van der Waals surface area (Å²) in [4.78, 5) is 7.27. The third-order valence-corrected chi connectivity index (χ3v) is 2.80. The fourth-order valence-electron chi connectivity index (χ4n) is 1.11. The molecule has 1 aromatic rings. The van der Waals surface area contributed by atoms with E-state index in [1.807, 2.05) is 0 Å². The average Bonchev–Trinajstić information content (AvgIpc) is 2.19. The van der Waals surface area contributed by atoms with Crippen LogP contribution < -0.4 is 21.9 Å². The first-order chi connectivity index (χ1) is 9.08. The molecule has 110 valence electrons. The van der Waals surface area contributed by atoms with Gasteiger partial charge in [0, 0.05) is 9.64 Å². The number of aliphatic imine (C=N–C) groups is 2. The standard InChI is InChI=1S/C9H8ClF3IN5O/c10-4-1-3(20-9(11,12)13)2-5(14)6(4)18-8(17)19-7(15)16/h1-2H,(H6,15,16,17,18,19). The number of nitrogens with two attached hydrogens (primary N) is 3. The van der Waals surface area contributed by atoms with Gasteiger partial charge in [-0.1, -0.05) is 11.6 Å². The number of benzene rings is 1. The largest absolute Gasteiger partial charge is 0.573 e. The van der Waals surface area contributed by atoms with Crippen molar-refractivity contribution < 1.29 is 17.9 Å². The molecular formula is C9H8ClF3IN5O. The van der Waals surface area contributed by atoms with Crippen molar-refractivity contribution in [3.8, 4) is 5.75 Å². The average molecular weight is 422 g/mol. The molecule has 0 fully saturated rings. The zero-order valence-corrected chi connectivity index (χ0v) is 12.5. The first kappa shape index (κ1) is 16.6. The lowest BCUT2D eigenvalue weighted by molar-refractivity contribution is -0.274. The molecule has 0 radical (unpaired) electrons. The third kappa shape index (κ3) is 5.28. The minimum Gasteiger partial charge on any atom is -0.406 e. The van der Waals surface area contributed by atoms with Crippen molar-refractivity contribution in [2.45, 2.75) is 6.36 Å². The van der Waals surface area contributed by atoms with E-state index in [0.29, 0.717) is 0 Å². The van der Waals surface area contributed by atoms with Crippen molar-refractivity contribution in [2.75, 3.05) is 0 Å². The molecule has 0 aliphatic heterocycles. The van der Waals surface area contributed by atoms with E-state index in [1.165, 1.54) is 0 Å². The minimum absolute atomic E-state index is 0.0927. The van der Waals surface area contributed by atoms with E-state index in [4.69, 9.17) is 28.8 Å². The predicted molar refractivity (Wildman–Crippen MR) is 77.9 cm³/mol. The molecule has 6 N–H and O–H groups in total. The molecule has 0 spiro atoms. The highest BCUT2D eigenvalue weighted by atomic mass is 127. The summed E-state index contributed by atoms with van der Waals surface area (Å²) < 4.78 is 40.3. The number of guanidine groups is 2. The quantitative estimate of drug-likeness (QED) is 0.385. The van der Waals surface area contributed by atoms with Gasteiger partial charge in [-0.25, -0.2) is 4.99 Å². The molecule has 0 atom stereocenters. The number of hydrogen-bond donors (Lipinski definition) is 3. The molecule has 6 nitrogen and oxygen atoms in total. The Morgan fingerprint density at radius 3 is 2.30 bits per heavy atom. The molecule has 20 heavy (non-hydrogen) atoms. The summed E-state index contributed by atoms with van der Waals surface area (Å²) in [6.45, 7) is 0. The lowest BCUT2D eigenvalue weighted by Gasteiger charge is -2.11. The molecule has 0 aromatic heterocycles. The Balaban J connectivity index is 3.16. The van der Waals surface area contributed by atoms with Crippen LogP contribution in [-0.2, 0) is 0 Å². The highest BCUT2D eigenvalue weighted by Crippen LogP contribution is 2.36. The van der Waals surface area contributed by atoms with Gasteiger partial charge in [0.25, 0.3) is 0 Å². The van der Waals surface area contributed by atoms with Gasteiger partial charge in [0.05, 0.1) is 10.7 Å². The zero-order chi connectivity index (χ0) is 15.5. The van der Waals surface area contributed by atoms with E-state index in [2.05, 4.69) is 14.7 Å². The molecule has 0 heterocycles. The number of hydrogen-bond acceptors (Lipinski definition) is 2. The lowest BCUT2D eigenvalue weighted by Crippen LogP contribution is -2.26. The number of rotatable bonds is 2. The molecule has 0 unspecified atom stereocenters. The Morgan fingerprint density at radius 1 is 1.25 bits per heavy atom. The van der Waals surface area contributed by atoms with Crippen molar-refractivity contribution >= 4 is 51.8 Å². The van der Waals surface area contributed by atoms with Gasteiger partial charge in [-0.05, 0) is 28.7 Å². The summed E-state index contributed by atoms with van der Waals surface area (Å²) in [6.07, 6.45) is -4.81. The maximum absolute atomic E-state index is 12.1. The van der Waals surface area contributed by atoms with Crippen LogP contribution in [0.1, 0.15) is 0 Å². The Kier molecular flexibility index (Phi) is 5.28. The molecule has 0 saturated carbocycles. The van der Waals surface area contributed by atoms with Crippen LogP contribution >= 0.6 is 34.2 Å². The third-order valence-electron chi connectivity index (χ3n) is 1.69. The van der Waals surface area contributed by atoms with E-state index in [-0.39, 0.29) is 26.2 Å². The number of nitrogens with zero attached hydrogens (tertiary/aromatic N) is 2. The molecular weight excluding hydrogens is 413 g/mol. The van der Waals surface area contributed by atoms with Crippen molar-refractivity contribution in [1.29, 1.82) is 0 Å². The van der Waals surface area contributed by atoms with Gasteiger partial charge in [-0.15, -0.1) is 13.2 Å². The summed E-state index contributed by atoms with van der Waals surface area (Å²) in [6, 6.07) is 2.06. The molecule has 0 aliphatic carbocycles. The normalized spacial score (nSPS) is 12.2. The first-order valence-corrected chi connectivity index (χ1v) is 6.23. The zero-order valence-electron chi connectivity index (χ0n) is 9.58. The lowest BCUT2D eigenvalue weighted by atomic mass is 10.3. The molecule has 0 bridgehead atoms. The summed E-state index contributed by atoms with van der Waals surface area (Å²) in [7, 11) is 0. The van der Waals surface area contributed by atoms with Crippen molar-refractivity contribution in [3.63, 3.8) is 0 Å². The van der Waals surface area contributed by atoms with Crippen LogP contribution in [0, 0.1) is 3.57 Å². The summed E-state index contributed by atoms with van der Waals surface area (Å²) >= 11 is 7.54. The second kappa shape index (κ2) is 6.35. The molecule has 1 rings (SSSR count). The summed E-state index contributed by atoms with van der Waals surface area (Å²) in [5.74, 6) is -1.06. The van der Waals surface area contributed by atoms with Crippen molar-refractivity contribution in [1.82, 2.24) is 0 Å². The highest BCUT2D eigenvalue weighted by Gasteiger charge is 2.31. The molecule has 0 saturated heterocycles. The van der Waals surface area contributed by atoms with Crippen molar-refractivity contribution in [2.24, 2.45) is 27.2 Å². The Bertz CT molecular complexity index is 548. The van der Waals surface area contributed by atoms with Crippen LogP contribution in [-0.4, -0.2) is 18.3 Å². The van der Waals surface area contributed by atoms with E-state index in [0.717, 1.165) is 12.1 Å². The number of halogens is 5. The maximum atomic E-state index is 12.1. The number of ether oxygens (including phenoxy) is 1. The van der Waals surface area contributed by atoms with Gasteiger partial charge in [0.15, 0.2) is 5.96 Å². The fraction of sp³-hybridized carbons (Fsp3) is 0.111. The van der Waals surface area contributed by atoms with Crippen LogP contribution in [0.2, 0.25) is 5.02 Å². The highest BCUT2D eigenvalue weighted by molar-refractivity contribution is 14.1. The SMILES string of the molecule is NC(N)=NC(N)=Nc1c(Cl)cc(OC(F)(F)F)cc1I. The second-order valence-electron chi connectivity index (χ2n) is 3.29. The van der Waals surface area contributed by atoms with Gasteiger partial charge < -0.3 is 21.9 Å². The van der Waals surface area contributed by atoms with Crippen LogP contribution in [0.25, 0.3) is 0 Å². The van der Waals surface area contributed by atoms with Gasteiger partial charge in [0.1, 0.15) is 5.75 Å². The van der Waals surface area contributed by atoms with Gasteiger partial charge in [-0.2, -0.15) is 4.99 Å². The first-order valence-electron chi connectivity index (χ1n) is 4.77. The van der Waals surface area contributed by atoms with Gasteiger partial charge >= 0.3 is 6.36 Å². The molecule has 0 amide bonds. The van der Waals surface area contributed by atoms with Crippen LogP contribution in [0.15, 0.2) is 22.1 Å². The molecule has 1 aromatic carbocycles. The predicted octanol–water partition coefficient (Wildman–Crippen LogP) is 2.06. The monoisotopic (exact) mass is 421 g/mol. The van der Waals surface area contributed by atoms with Crippen molar-refractivity contribution in [3.05, 3.63) is 20.7 Å². The van der Waals surface area contributed by atoms with E-state index in [9.17, 15) is 13.2 Å². The van der Waals surface area contributed by atoms with E-state index < -0.39 is 12.1 Å². The Morgan fingerprint density at radius 2 is 1.85 bits per heavy atom. The van der Waals surface area contributed by atoms with Gasteiger partial charge in [-0.3, -0.25) is 0 Å². The fourth-order valence-corrected chi connectivity index (χ4v) is 2.24. The van der Waals surface area contributed by atoms with Crippen LogP contribution in [0.5, 0.6) is 5.75 Å². The molecule has 11 heteroatoms. The smallest absolute Gasteiger partial charge is 0.406 e. The Labute approximate surface area is 130 Å². The molecule has 0 aliphatic rings. The van der Waals surface area contributed by atoms with E-state index in [1.54, 1.807) is 22.6 Å². The van der Waals surface area contributed by atoms with Crippen LogP contribution in [0.3, 0.4) is 0 Å². The Hall–Kier alpha value is -1.43. The van der Waals surface area contributed by atoms with E-state index >= 15 is 0 Å². The topological polar surface area (TPSA) is 112 Å². The minimum atomic E-state index is -4.81. The maximum Gasteiger partial charge on any atom is 0.573 e. The summed E-state index contributed by atoms with van der Waals surface area (Å²) in [5.41, 5.74) is 15.7. The number of alkyl halides is 3. The summed E-state index contributed by atoms with van der Waals surface area (Å²) in [5, 5.41) is -0.0927. The van der Waals surface area contributed by atoms with Crippen LogP contribution in [0.4, 0.5) is 18.9 Å².